The molecule has 0 aromatic heterocycles. The van der Waals surface area contributed by atoms with Gasteiger partial charge >= 0.3 is 11.9 Å². The predicted octanol–water partition coefficient (Wildman–Crippen LogP) is 1.69. The number of esters is 2. The van der Waals surface area contributed by atoms with E-state index in [1.807, 2.05) is 20.8 Å². The summed E-state index contributed by atoms with van der Waals surface area (Å²) in [5, 5.41) is 11.2. The Hall–Kier alpha value is -1.76. The zero-order valence-electron chi connectivity index (χ0n) is 17.6. The monoisotopic (exact) mass is 406 g/mol. The number of ketones is 2. The highest BCUT2D eigenvalue weighted by atomic mass is 16.6. The van der Waals surface area contributed by atoms with Crippen LogP contribution in [0.1, 0.15) is 53.9 Å². The van der Waals surface area contributed by atoms with Crippen molar-refractivity contribution in [2.75, 3.05) is 0 Å². The Morgan fingerprint density at radius 2 is 1.79 bits per heavy atom. The first-order valence-corrected chi connectivity index (χ1v) is 10.6. The average Bonchev–Trinajstić information content (AvgIpc) is 2.62. The van der Waals surface area contributed by atoms with E-state index in [9.17, 15) is 24.3 Å². The molecule has 1 N–H and O–H groups in total. The molecule has 0 bridgehead atoms. The molecule has 29 heavy (non-hydrogen) atoms. The topological polar surface area (TPSA) is 107 Å². The fourth-order valence-corrected chi connectivity index (χ4v) is 7.49. The van der Waals surface area contributed by atoms with Crippen molar-refractivity contribution in [2.45, 2.75) is 72.2 Å². The van der Waals surface area contributed by atoms with Crippen molar-refractivity contribution >= 4 is 23.5 Å². The van der Waals surface area contributed by atoms with Gasteiger partial charge in [-0.2, -0.15) is 0 Å². The first-order chi connectivity index (χ1) is 13.4. The molecular formula is C22H30O7. The van der Waals surface area contributed by atoms with Crippen LogP contribution < -0.4 is 0 Å². The molecule has 0 aromatic carbocycles. The van der Waals surface area contributed by atoms with Crippen molar-refractivity contribution in [1.29, 1.82) is 0 Å². The maximum Gasteiger partial charge on any atom is 0.306 e. The highest BCUT2D eigenvalue weighted by Gasteiger charge is 2.73. The Morgan fingerprint density at radius 3 is 2.41 bits per heavy atom. The first kappa shape index (κ1) is 20.5. The van der Waals surface area contributed by atoms with E-state index in [0.717, 1.165) is 0 Å². The minimum atomic E-state index is -1.31. The van der Waals surface area contributed by atoms with Gasteiger partial charge in [0, 0.05) is 36.0 Å². The molecule has 0 spiro atoms. The second-order valence-corrected chi connectivity index (χ2v) is 10.1. The van der Waals surface area contributed by atoms with Crippen LogP contribution in [-0.2, 0) is 28.7 Å². The summed E-state index contributed by atoms with van der Waals surface area (Å²) in [5.74, 6) is -3.00. The van der Waals surface area contributed by atoms with Crippen molar-refractivity contribution in [2.24, 2.45) is 40.4 Å². The van der Waals surface area contributed by atoms with E-state index in [0.29, 0.717) is 12.8 Å². The van der Waals surface area contributed by atoms with Crippen LogP contribution in [-0.4, -0.2) is 46.9 Å². The van der Waals surface area contributed by atoms with Gasteiger partial charge in [-0.1, -0.05) is 27.7 Å². The van der Waals surface area contributed by atoms with Crippen LogP contribution in [0.2, 0.25) is 0 Å². The summed E-state index contributed by atoms with van der Waals surface area (Å²) in [6, 6.07) is 0. The van der Waals surface area contributed by atoms with E-state index in [1.54, 1.807) is 6.92 Å². The second-order valence-electron chi connectivity index (χ2n) is 10.1. The van der Waals surface area contributed by atoms with E-state index in [4.69, 9.17) is 9.47 Å². The number of hydrogen-bond acceptors (Lipinski definition) is 7. The molecule has 1 heterocycles. The number of fused-ring (bicyclic) bond motifs is 2. The van der Waals surface area contributed by atoms with Gasteiger partial charge in [-0.05, 0) is 30.6 Å². The van der Waals surface area contributed by atoms with Gasteiger partial charge in [0.15, 0.2) is 17.7 Å². The van der Waals surface area contributed by atoms with E-state index in [-0.39, 0.29) is 41.7 Å². The quantitative estimate of drug-likeness (QED) is 0.660. The molecule has 1 aliphatic heterocycles. The molecule has 4 aliphatic rings. The Kier molecular flexibility index (Phi) is 4.50. The Morgan fingerprint density at radius 1 is 1.14 bits per heavy atom. The Bertz CT molecular complexity index is 790. The van der Waals surface area contributed by atoms with Crippen LogP contribution in [0.15, 0.2) is 0 Å². The lowest BCUT2D eigenvalue weighted by Crippen LogP contribution is -2.74. The zero-order valence-corrected chi connectivity index (χ0v) is 17.6. The van der Waals surface area contributed by atoms with Crippen LogP contribution in [0.5, 0.6) is 0 Å². The number of carbonyl (C=O) groups is 4. The molecule has 4 rings (SSSR count). The standard InChI is InChI=1S/C22H30O7/c1-9-6-14(28-11(3)23)20(27)22(5)12(9)7-15-21(4)13(8-16(24)29-15)10(2)17(25)18(26)19(21)22/h9-10,12-15,18-19,26H,6-8H2,1-5H3/t9-,10-,12+,13+,14+,15-,18-,19+,21-,22+/m1/s1. The van der Waals surface area contributed by atoms with Gasteiger partial charge < -0.3 is 14.6 Å². The van der Waals surface area contributed by atoms with Crippen molar-refractivity contribution in [3.63, 3.8) is 0 Å². The Labute approximate surface area is 170 Å². The number of aliphatic hydroxyl groups excluding tert-OH is 1. The van der Waals surface area contributed by atoms with Crippen molar-refractivity contribution < 1.29 is 33.8 Å². The average molecular weight is 406 g/mol. The SMILES string of the molecule is CC(=O)O[C@H]1C[C@@H](C)[C@@H]2C[C@H]3OC(=O)C[C@H]4[C@@H](C)C(=O)[C@@H](O)[C@H]([C@@]2(C)C1=O)[C@@]34C. The van der Waals surface area contributed by atoms with Crippen molar-refractivity contribution in [3.8, 4) is 0 Å². The molecule has 0 radical (unpaired) electrons. The summed E-state index contributed by atoms with van der Waals surface area (Å²) >= 11 is 0. The summed E-state index contributed by atoms with van der Waals surface area (Å²) < 4.78 is 11.1. The lowest BCUT2D eigenvalue weighted by Gasteiger charge is -2.67. The fourth-order valence-electron chi connectivity index (χ4n) is 7.49. The number of Topliss-reactive ketones (excluding diaryl/α,β-unsaturated/α-hetero) is 2. The lowest BCUT2D eigenvalue weighted by molar-refractivity contribution is -0.256. The fraction of sp³-hybridized carbons (Fsp3) is 0.818. The lowest BCUT2D eigenvalue weighted by atomic mass is 9.37. The van der Waals surface area contributed by atoms with Crippen LogP contribution in [0, 0.1) is 40.4 Å². The largest absolute Gasteiger partial charge is 0.462 e. The number of carbonyl (C=O) groups excluding carboxylic acids is 4. The highest BCUT2D eigenvalue weighted by Crippen LogP contribution is 2.67. The summed E-state index contributed by atoms with van der Waals surface area (Å²) in [7, 11) is 0. The normalized spacial score (nSPS) is 51.6. The van der Waals surface area contributed by atoms with Gasteiger partial charge in [0.2, 0.25) is 0 Å². The van der Waals surface area contributed by atoms with Gasteiger partial charge in [-0.15, -0.1) is 0 Å². The molecule has 160 valence electrons. The molecule has 1 saturated heterocycles. The van der Waals surface area contributed by atoms with Crippen LogP contribution in [0.3, 0.4) is 0 Å². The van der Waals surface area contributed by atoms with Crippen LogP contribution in [0.25, 0.3) is 0 Å². The molecule has 4 fully saturated rings. The van der Waals surface area contributed by atoms with E-state index < -0.39 is 46.9 Å². The summed E-state index contributed by atoms with van der Waals surface area (Å²) in [5.41, 5.74) is -1.74. The highest BCUT2D eigenvalue weighted by molar-refractivity contribution is 5.95. The minimum absolute atomic E-state index is 0.00679. The van der Waals surface area contributed by atoms with Gasteiger partial charge in [-0.25, -0.2) is 0 Å². The summed E-state index contributed by atoms with van der Waals surface area (Å²) in [6.07, 6.45) is -1.62. The van der Waals surface area contributed by atoms with Gasteiger partial charge in [0.05, 0.1) is 0 Å². The van der Waals surface area contributed by atoms with Gasteiger partial charge in [-0.3, -0.25) is 19.2 Å². The maximum atomic E-state index is 13.7. The second kappa shape index (κ2) is 6.37. The molecule has 3 aliphatic carbocycles. The minimum Gasteiger partial charge on any atom is -0.462 e. The summed E-state index contributed by atoms with van der Waals surface area (Å²) in [4.78, 5) is 50.6. The molecule has 3 saturated carbocycles. The summed E-state index contributed by atoms with van der Waals surface area (Å²) in [6.45, 7) is 8.81. The van der Waals surface area contributed by atoms with Gasteiger partial charge in [0.25, 0.3) is 0 Å². The smallest absolute Gasteiger partial charge is 0.306 e. The van der Waals surface area contributed by atoms with E-state index >= 15 is 0 Å². The van der Waals surface area contributed by atoms with E-state index in [2.05, 4.69) is 0 Å². The first-order valence-electron chi connectivity index (χ1n) is 10.6. The van der Waals surface area contributed by atoms with Crippen LogP contribution >= 0.6 is 0 Å². The molecule has 7 nitrogen and oxygen atoms in total. The van der Waals surface area contributed by atoms with E-state index in [1.165, 1.54) is 6.92 Å². The third-order valence-electron chi connectivity index (χ3n) is 8.77. The molecule has 0 aromatic rings. The molecular weight excluding hydrogens is 376 g/mol. The van der Waals surface area contributed by atoms with Gasteiger partial charge in [0.1, 0.15) is 12.2 Å². The predicted molar refractivity (Wildman–Crippen MR) is 100 cm³/mol. The third kappa shape index (κ3) is 2.52. The number of ether oxygens (including phenoxy) is 2. The van der Waals surface area contributed by atoms with Crippen LogP contribution in [0.4, 0.5) is 0 Å². The number of rotatable bonds is 1. The molecule has 0 unspecified atom stereocenters. The molecule has 0 amide bonds. The third-order valence-corrected chi connectivity index (χ3v) is 8.77. The molecule has 7 heteroatoms. The van der Waals surface area contributed by atoms with Crippen molar-refractivity contribution in [3.05, 3.63) is 0 Å². The molecule has 10 atom stereocenters. The van der Waals surface area contributed by atoms with Crippen molar-refractivity contribution in [1.82, 2.24) is 0 Å². The Balaban J connectivity index is 1.87. The number of hydrogen-bond donors (Lipinski definition) is 1. The number of aliphatic hydroxyl groups is 1. The zero-order chi connectivity index (χ0) is 21.5. The maximum absolute atomic E-state index is 13.7.